The Kier molecular flexibility index (Phi) is 6.51. The number of rotatable bonds is 4. The summed E-state index contributed by atoms with van der Waals surface area (Å²) in [4.78, 5) is 30.2. The van der Waals surface area contributed by atoms with Crippen molar-refractivity contribution in [2.24, 2.45) is 0 Å². The molecule has 188 valence electrons. The van der Waals surface area contributed by atoms with E-state index in [9.17, 15) is 9.59 Å². The van der Waals surface area contributed by atoms with Gasteiger partial charge < -0.3 is 9.47 Å². The molecule has 0 bridgehead atoms. The lowest BCUT2D eigenvalue weighted by molar-refractivity contribution is -0.132. The highest BCUT2D eigenvalue weighted by Crippen LogP contribution is 2.41. The Bertz CT molecular complexity index is 1520. The molecule has 0 aliphatic rings. The van der Waals surface area contributed by atoms with E-state index in [0.717, 1.165) is 28.0 Å². The molecule has 0 amide bonds. The molecule has 8 heteroatoms. The average Bonchev–Trinajstić information content (AvgIpc) is 3.32. The second-order valence-electron chi connectivity index (χ2n) is 10.8. The molecule has 0 N–H and O–H groups in total. The fraction of sp³-hybridized carbons (Fsp3) is 0.357. The number of carbonyl (C=O) groups is 1. The molecule has 0 fully saturated rings. The number of hydrogen-bond acceptors (Lipinski definition) is 7. The third kappa shape index (κ3) is 5.04. The molecule has 0 radical (unpaired) electrons. The maximum atomic E-state index is 13.2. The van der Waals surface area contributed by atoms with Crippen LogP contribution in [0, 0.1) is 0 Å². The SMILES string of the molecule is COc1ccc(-c2nc3sc(=Cc4cc(C(C)(C)C)c(OC(C)=O)c(C(C)(C)C)c4)c(=O)n3n2)cc1. The molecule has 2 heterocycles. The van der Waals surface area contributed by atoms with Crippen LogP contribution in [0.5, 0.6) is 11.5 Å². The molecule has 0 aliphatic heterocycles. The predicted octanol–water partition coefficient (Wildman–Crippen LogP) is 4.89. The molecular formula is C28H31N3O4S. The fourth-order valence-electron chi connectivity index (χ4n) is 3.95. The van der Waals surface area contributed by atoms with Crippen molar-refractivity contribution in [3.8, 4) is 22.9 Å². The van der Waals surface area contributed by atoms with Crippen LogP contribution in [0.15, 0.2) is 41.2 Å². The highest BCUT2D eigenvalue weighted by molar-refractivity contribution is 7.15. The molecule has 0 saturated heterocycles. The van der Waals surface area contributed by atoms with Crippen molar-refractivity contribution in [3.63, 3.8) is 0 Å². The molecule has 4 aromatic rings. The largest absolute Gasteiger partial charge is 0.497 e. The van der Waals surface area contributed by atoms with Gasteiger partial charge in [-0.3, -0.25) is 9.59 Å². The van der Waals surface area contributed by atoms with Crippen molar-refractivity contribution in [2.45, 2.75) is 59.3 Å². The minimum absolute atomic E-state index is 0.221. The number of benzene rings is 2. The molecule has 0 saturated carbocycles. The number of methoxy groups -OCH3 is 1. The predicted molar refractivity (Wildman–Crippen MR) is 143 cm³/mol. The zero-order valence-corrected chi connectivity index (χ0v) is 22.7. The second-order valence-corrected chi connectivity index (χ2v) is 11.8. The van der Waals surface area contributed by atoms with Crippen LogP contribution < -0.4 is 19.6 Å². The van der Waals surface area contributed by atoms with Gasteiger partial charge in [0.1, 0.15) is 11.5 Å². The van der Waals surface area contributed by atoms with Crippen molar-refractivity contribution in [1.29, 1.82) is 0 Å². The summed E-state index contributed by atoms with van der Waals surface area (Å²) < 4.78 is 12.8. The van der Waals surface area contributed by atoms with E-state index in [1.165, 1.54) is 22.8 Å². The van der Waals surface area contributed by atoms with E-state index in [-0.39, 0.29) is 22.4 Å². The van der Waals surface area contributed by atoms with Gasteiger partial charge in [-0.1, -0.05) is 52.9 Å². The second kappa shape index (κ2) is 9.17. The smallest absolute Gasteiger partial charge is 0.308 e. The van der Waals surface area contributed by atoms with Crippen molar-refractivity contribution < 1.29 is 14.3 Å². The molecule has 2 aromatic carbocycles. The lowest BCUT2D eigenvalue weighted by atomic mass is 9.78. The molecule has 0 aliphatic carbocycles. The highest BCUT2D eigenvalue weighted by Gasteiger charge is 2.28. The Balaban J connectivity index is 1.86. The summed E-state index contributed by atoms with van der Waals surface area (Å²) in [6.45, 7) is 13.9. The van der Waals surface area contributed by atoms with Gasteiger partial charge in [0.25, 0.3) is 5.56 Å². The van der Waals surface area contributed by atoms with Crippen molar-refractivity contribution in [1.82, 2.24) is 14.6 Å². The number of ether oxygens (including phenoxy) is 2. The third-order valence-corrected chi connectivity index (χ3v) is 6.76. The minimum atomic E-state index is -0.359. The van der Waals surface area contributed by atoms with Gasteiger partial charge in [0.15, 0.2) is 5.82 Å². The van der Waals surface area contributed by atoms with Crippen molar-refractivity contribution in [2.75, 3.05) is 7.11 Å². The van der Waals surface area contributed by atoms with E-state index in [1.807, 2.05) is 42.5 Å². The van der Waals surface area contributed by atoms with Crippen molar-refractivity contribution in [3.05, 3.63) is 68.0 Å². The molecular weight excluding hydrogens is 474 g/mol. The number of aromatic nitrogens is 3. The molecule has 0 spiro atoms. The van der Waals surface area contributed by atoms with Gasteiger partial charge in [0.2, 0.25) is 4.96 Å². The molecule has 7 nitrogen and oxygen atoms in total. The average molecular weight is 506 g/mol. The van der Waals surface area contributed by atoms with Gasteiger partial charge in [-0.2, -0.15) is 9.50 Å². The zero-order valence-electron chi connectivity index (χ0n) is 21.9. The van der Waals surface area contributed by atoms with E-state index in [2.05, 4.69) is 51.6 Å². The first-order valence-electron chi connectivity index (χ1n) is 11.7. The number of fused-ring (bicyclic) bond motifs is 1. The first kappa shape index (κ1) is 25.6. The molecule has 0 atom stereocenters. The summed E-state index contributed by atoms with van der Waals surface area (Å²) in [5.74, 6) is 1.46. The van der Waals surface area contributed by atoms with Gasteiger partial charge in [0, 0.05) is 23.6 Å². The van der Waals surface area contributed by atoms with Crippen LogP contribution in [0.3, 0.4) is 0 Å². The van der Waals surface area contributed by atoms with Crippen LogP contribution in [0.4, 0.5) is 0 Å². The summed E-state index contributed by atoms with van der Waals surface area (Å²) in [5.41, 5.74) is 2.69. The molecule has 4 rings (SSSR count). The number of thiazole rings is 1. The Labute approximate surface area is 214 Å². The zero-order chi connectivity index (χ0) is 26.4. The Morgan fingerprint density at radius 1 is 1.00 bits per heavy atom. The number of esters is 1. The standard InChI is InChI=1S/C28H31N3O4S/c1-16(32)35-23-20(27(2,3)4)13-17(14-21(23)28(5,6)7)15-22-25(33)31-26(36-22)29-24(30-31)18-9-11-19(34-8)12-10-18/h9-15H,1-8H3. The number of carbonyl (C=O) groups excluding carboxylic acids is 1. The summed E-state index contributed by atoms with van der Waals surface area (Å²) in [5, 5.41) is 4.45. The van der Waals surface area contributed by atoms with Gasteiger partial charge in [0.05, 0.1) is 11.6 Å². The Morgan fingerprint density at radius 2 is 1.58 bits per heavy atom. The quantitative estimate of drug-likeness (QED) is 0.290. The van der Waals surface area contributed by atoms with Crippen LogP contribution in [0.1, 0.15) is 65.2 Å². The summed E-state index contributed by atoms with van der Waals surface area (Å²) >= 11 is 1.29. The first-order chi connectivity index (χ1) is 16.8. The number of hydrogen-bond donors (Lipinski definition) is 0. The Hall–Kier alpha value is -3.52. The van der Waals surface area contributed by atoms with E-state index in [0.29, 0.717) is 21.1 Å². The maximum absolute atomic E-state index is 13.2. The van der Waals surface area contributed by atoms with Crippen molar-refractivity contribution >= 4 is 28.3 Å². The van der Waals surface area contributed by atoms with Gasteiger partial charge in [-0.15, -0.1) is 5.10 Å². The van der Waals surface area contributed by atoms with Crippen LogP contribution >= 0.6 is 11.3 Å². The third-order valence-electron chi connectivity index (χ3n) is 5.80. The van der Waals surface area contributed by atoms with Crippen LogP contribution in [0.2, 0.25) is 0 Å². The minimum Gasteiger partial charge on any atom is -0.497 e. The van der Waals surface area contributed by atoms with Gasteiger partial charge in [-0.25, -0.2) is 0 Å². The van der Waals surface area contributed by atoms with E-state index < -0.39 is 0 Å². The van der Waals surface area contributed by atoms with E-state index in [1.54, 1.807) is 7.11 Å². The summed E-state index contributed by atoms with van der Waals surface area (Å²) in [7, 11) is 1.61. The van der Waals surface area contributed by atoms with Crippen LogP contribution in [-0.2, 0) is 15.6 Å². The maximum Gasteiger partial charge on any atom is 0.308 e. The van der Waals surface area contributed by atoms with Crippen LogP contribution in [-0.4, -0.2) is 27.7 Å². The Morgan fingerprint density at radius 3 is 2.06 bits per heavy atom. The fourth-order valence-corrected chi connectivity index (χ4v) is 4.86. The topological polar surface area (TPSA) is 82.8 Å². The summed E-state index contributed by atoms with van der Waals surface area (Å²) in [6, 6.07) is 11.4. The molecule has 0 unspecified atom stereocenters. The normalized spacial score (nSPS) is 12.8. The van der Waals surface area contributed by atoms with Gasteiger partial charge in [-0.05, 0) is 58.9 Å². The van der Waals surface area contributed by atoms with E-state index >= 15 is 0 Å². The van der Waals surface area contributed by atoms with E-state index in [4.69, 9.17) is 9.47 Å². The molecule has 36 heavy (non-hydrogen) atoms. The summed E-state index contributed by atoms with van der Waals surface area (Å²) in [6.07, 6.45) is 1.86. The first-order valence-corrected chi connectivity index (χ1v) is 12.5. The number of nitrogens with zero attached hydrogens (tertiary/aromatic N) is 3. The highest BCUT2D eigenvalue weighted by atomic mass is 32.1. The molecule has 2 aromatic heterocycles. The van der Waals surface area contributed by atoms with Gasteiger partial charge >= 0.3 is 5.97 Å². The van der Waals surface area contributed by atoms with Crippen LogP contribution in [0.25, 0.3) is 22.4 Å². The lowest BCUT2D eigenvalue weighted by Crippen LogP contribution is -2.24. The monoisotopic (exact) mass is 505 g/mol. The lowest BCUT2D eigenvalue weighted by Gasteiger charge is -2.29.